The lowest BCUT2D eigenvalue weighted by Crippen LogP contribution is -2.21. The predicted molar refractivity (Wildman–Crippen MR) is 75.6 cm³/mol. The first-order chi connectivity index (χ1) is 9.72. The first-order valence-electron chi connectivity index (χ1n) is 6.36. The van der Waals surface area contributed by atoms with Crippen LogP contribution in [0.1, 0.15) is 17.2 Å². The normalized spacial score (nSPS) is 12.1. The highest BCUT2D eigenvalue weighted by molar-refractivity contribution is 5.45. The van der Waals surface area contributed by atoms with Crippen molar-refractivity contribution in [1.29, 1.82) is 0 Å². The maximum absolute atomic E-state index is 9.99. The van der Waals surface area contributed by atoms with Gasteiger partial charge < -0.3 is 20.3 Å². The molecule has 0 aliphatic heterocycles. The Kier molecular flexibility index (Phi) is 4.92. The predicted octanol–water partition coefficient (Wildman–Crippen LogP) is 1.62. The number of ether oxygens (including phenoxy) is 1. The average molecular weight is 274 g/mol. The first-order valence-corrected chi connectivity index (χ1v) is 6.36. The van der Waals surface area contributed by atoms with Crippen LogP contribution in [0.5, 0.6) is 11.5 Å². The number of aromatic hydroxyl groups is 1. The molecule has 5 nitrogen and oxygen atoms in total. The third-order valence-electron chi connectivity index (χ3n) is 3.05. The van der Waals surface area contributed by atoms with Gasteiger partial charge in [0.2, 0.25) is 0 Å². The lowest BCUT2D eigenvalue weighted by atomic mass is 10.1. The number of aliphatic hydroxyl groups is 1. The molecule has 2 aromatic rings. The molecule has 0 saturated heterocycles. The molecule has 5 heteroatoms. The summed E-state index contributed by atoms with van der Waals surface area (Å²) in [5.41, 5.74) is 1.54. The lowest BCUT2D eigenvalue weighted by molar-refractivity contribution is 0.174. The van der Waals surface area contributed by atoms with E-state index in [1.807, 2.05) is 12.1 Å². The zero-order chi connectivity index (χ0) is 14.4. The SMILES string of the molecule is COc1cccc(CNCC(O)c2ccncc2)c1O. The van der Waals surface area contributed by atoms with Crippen LogP contribution < -0.4 is 10.1 Å². The molecular weight excluding hydrogens is 256 g/mol. The number of pyridine rings is 1. The van der Waals surface area contributed by atoms with E-state index < -0.39 is 6.10 Å². The molecule has 1 aromatic carbocycles. The summed E-state index contributed by atoms with van der Waals surface area (Å²) in [6, 6.07) is 8.87. The van der Waals surface area contributed by atoms with Gasteiger partial charge in [-0.3, -0.25) is 4.98 Å². The van der Waals surface area contributed by atoms with E-state index >= 15 is 0 Å². The molecule has 1 heterocycles. The largest absolute Gasteiger partial charge is 0.504 e. The summed E-state index contributed by atoms with van der Waals surface area (Å²) in [4.78, 5) is 3.91. The number of nitrogens with one attached hydrogen (secondary N) is 1. The fraction of sp³-hybridized carbons (Fsp3) is 0.267. The van der Waals surface area contributed by atoms with Crippen molar-refractivity contribution in [2.24, 2.45) is 0 Å². The van der Waals surface area contributed by atoms with Crippen LogP contribution in [-0.4, -0.2) is 28.9 Å². The summed E-state index contributed by atoms with van der Waals surface area (Å²) in [6.45, 7) is 0.839. The molecule has 3 N–H and O–H groups in total. The highest BCUT2D eigenvalue weighted by Gasteiger charge is 2.09. The van der Waals surface area contributed by atoms with Crippen LogP contribution in [-0.2, 0) is 6.54 Å². The molecule has 20 heavy (non-hydrogen) atoms. The Labute approximate surface area is 117 Å². The Hall–Kier alpha value is -2.11. The number of rotatable bonds is 6. The molecule has 1 aromatic heterocycles. The summed E-state index contributed by atoms with van der Waals surface area (Å²) in [6.07, 6.45) is 2.68. The topological polar surface area (TPSA) is 74.6 Å². The average Bonchev–Trinajstić information content (AvgIpc) is 2.49. The van der Waals surface area contributed by atoms with Gasteiger partial charge in [0, 0.05) is 31.0 Å². The Bertz CT molecular complexity index is 546. The second kappa shape index (κ2) is 6.88. The van der Waals surface area contributed by atoms with Crippen LogP contribution in [0.15, 0.2) is 42.7 Å². The molecule has 106 valence electrons. The van der Waals surface area contributed by atoms with E-state index in [4.69, 9.17) is 4.74 Å². The number of phenols is 1. The number of aliphatic hydroxyl groups excluding tert-OH is 1. The van der Waals surface area contributed by atoms with E-state index in [-0.39, 0.29) is 5.75 Å². The molecular formula is C15H18N2O3. The van der Waals surface area contributed by atoms with Gasteiger partial charge in [0.15, 0.2) is 11.5 Å². The van der Waals surface area contributed by atoms with Gasteiger partial charge >= 0.3 is 0 Å². The van der Waals surface area contributed by atoms with Gasteiger partial charge in [0.25, 0.3) is 0 Å². The van der Waals surface area contributed by atoms with Crippen molar-refractivity contribution in [2.45, 2.75) is 12.6 Å². The highest BCUT2D eigenvalue weighted by atomic mass is 16.5. The standard InChI is InChI=1S/C15H18N2O3/c1-20-14-4-2-3-12(15(14)19)9-17-10-13(18)11-5-7-16-8-6-11/h2-8,13,17-19H,9-10H2,1H3. The van der Waals surface area contributed by atoms with E-state index in [1.165, 1.54) is 7.11 Å². The highest BCUT2D eigenvalue weighted by Crippen LogP contribution is 2.29. The number of hydrogen-bond acceptors (Lipinski definition) is 5. The molecule has 0 radical (unpaired) electrons. The van der Waals surface area contributed by atoms with Crippen LogP contribution in [0.3, 0.4) is 0 Å². The second-order valence-corrected chi connectivity index (χ2v) is 4.40. The number of benzene rings is 1. The van der Waals surface area contributed by atoms with Gasteiger partial charge in [-0.2, -0.15) is 0 Å². The first kappa shape index (κ1) is 14.3. The van der Waals surface area contributed by atoms with E-state index in [1.54, 1.807) is 30.6 Å². The number of methoxy groups -OCH3 is 1. The van der Waals surface area contributed by atoms with E-state index in [2.05, 4.69) is 10.3 Å². The Morgan fingerprint density at radius 1 is 1.25 bits per heavy atom. The second-order valence-electron chi connectivity index (χ2n) is 4.40. The van der Waals surface area contributed by atoms with Crippen LogP contribution in [0.25, 0.3) is 0 Å². The maximum atomic E-state index is 9.99. The van der Waals surface area contributed by atoms with Crippen LogP contribution in [0, 0.1) is 0 Å². The van der Waals surface area contributed by atoms with Crippen LogP contribution >= 0.6 is 0 Å². The number of hydrogen-bond donors (Lipinski definition) is 3. The van der Waals surface area contributed by atoms with Crippen molar-refractivity contribution in [3.8, 4) is 11.5 Å². The zero-order valence-electron chi connectivity index (χ0n) is 11.3. The molecule has 2 rings (SSSR count). The van der Waals surface area contributed by atoms with Crippen molar-refractivity contribution < 1.29 is 14.9 Å². The molecule has 0 saturated carbocycles. The van der Waals surface area contributed by atoms with Crippen molar-refractivity contribution in [1.82, 2.24) is 10.3 Å². The van der Waals surface area contributed by atoms with Gasteiger partial charge in [0.05, 0.1) is 13.2 Å². The van der Waals surface area contributed by atoms with Crippen LogP contribution in [0.4, 0.5) is 0 Å². The third kappa shape index (κ3) is 3.46. The number of aromatic nitrogens is 1. The fourth-order valence-corrected chi connectivity index (χ4v) is 1.92. The van der Waals surface area contributed by atoms with Crippen LogP contribution in [0.2, 0.25) is 0 Å². The molecule has 0 aliphatic rings. The summed E-state index contributed by atoms with van der Waals surface area (Å²) >= 11 is 0. The third-order valence-corrected chi connectivity index (χ3v) is 3.05. The Balaban J connectivity index is 1.90. The molecule has 0 amide bonds. The minimum Gasteiger partial charge on any atom is -0.504 e. The Morgan fingerprint density at radius 3 is 2.70 bits per heavy atom. The van der Waals surface area contributed by atoms with E-state index in [0.717, 1.165) is 11.1 Å². The van der Waals surface area contributed by atoms with Gasteiger partial charge in [-0.25, -0.2) is 0 Å². The maximum Gasteiger partial charge on any atom is 0.162 e. The van der Waals surface area contributed by atoms with E-state index in [9.17, 15) is 10.2 Å². The number of para-hydroxylation sites is 1. The van der Waals surface area contributed by atoms with Gasteiger partial charge in [-0.05, 0) is 23.8 Å². The summed E-state index contributed by atoms with van der Waals surface area (Å²) in [5.74, 6) is 0.569. The molecule has 0 aliphatic carbocycles. The monoisotopic (exact) mass is 274 g/mol. The summed E-state index contributed by atoms with van der Waals surface area (Å²) in [5, 5.41) is 23.0. The molecule has 1 atom stereocenters. The molecule has 0 spiro atoms. The van der Waals surface area contributed by atoms with Crippen molar-refractivity contribution in [3.05, 3.63) is 53.9 Å². The van der Waals surface area contributed by atoms with Gasteiger partial charge in [-0.15, -0.1) is 0 Å². The Morgan fingerprint density at radius 2 is 2.00 bits per heavy atom. The fourth-order valence-electron chi connectivity index (χ4n) is 1.92. The molecule has 1 unspecified atom stereocenters. The van der Waals surface area contributed by atoms with E-state index in [0.29, 0.717) is 18.8 Å². The number of phenolic OH excluding ortho intramolecular Hbond substituents is 1. The number of nitrogens with zero attached hydrogens (tertiary/aromatic N) is 1. The lowest BCUT2D eigenvalue weighted by Gasteiger charge is -2.13. The van der Waals surface area contributed by atoms with Crippen molar-refractivity contribution >= 4 is 0 Å². The summed E-state index contributed by atoms with van der Waals surface area (Å²) < 4.78 is 5.05. The zero-order valence-corrected chi connectivity index (χ0v) is 11.3. The minimum atomic E-state index is -0.606. The minimum absolute atomic E-state index is 0.126. The molecule has 0 fully saturated rings. The summed E-state index contributed by atoms with van der Waals surface area (Å²) in [7, 11) is 1.51. The van der Waals surface area contributed by atoms with Crippen molar-refractivity contribution in [2.75, 3.05) is 13.7 Å². The quantitative estimate of drug-likeness (QED) is 0.746. The smallest absolute Gasteiger partial charge is 0.162 e. The van der Waals surface area contributed by atoms with Crippen molar-refractivity contribution in [3.63, 3.8) is 0 Å². The van der Waals surface area contributed by atoms with Gasteiger partial charge in [0.1, 0.15) is 0 Å². The van der Waals surface area contributed by atoms with Gasteiger partial charge in [-0.1, -0.05) is 12.1 Å². The molecule has 0 bridgehead atoms.